The van der Waals surface area contributed by atoms with E-state index in [0.29, 0.717) is 0 Å². The summed E-state index contributed by atoms with van der Waals surface area (Å²) in [5.41, 5.74) is 1.14. The summed E-state index contributed by atoms with van der Waals surface area (Å²) in [6.07, 6.45) is 0. The molecule has 2 nitrogen and oxygen atoms in total. The van der Waals surface area contributed by atoms with Crippen LogP contribution in [0.25, 0.3) is 0 Å². The normalized spacial score (nSPS) is 9.85. The molecule has 0 heterocycles. The number of ether oxygens (including phenoxy) is 2. The van der Waals surface area contributed by atoms with Gasteiger partial charge in [0.2, 0.25) is 0 Å². The van der Waals surface area contributed by atoms with Crippen LogP contribution < -0.4 is 9.47 Å². The summed E-state index contributed by atoms with van der Waals surface area (Å²) in [4.78, 5) is 0. The highest BCUT2D eigenvalue weighted by molar-refractivity contribution is 9.10. The Bertz CT molecular complexity index is 300. The van der Waals surface area contributed by atoms with Gasteiger partial charge in [-0.15, -0.1) is 0 Å². The number of alkyl halides is 1. The van der Waals surface area contributed by atoms with Crippen molar-refractivity contribution in [2.75, 3.05) is 14.2 Å². The monoisotopic (exact) mass is 308 g/mol. The number of benzene rings is 1. The first-order chi connectivity index (χ1) is 6.22. The van der Waals surface area contributed by atoms with Crippen molar-refractivity contribution in [1.29, 1.82) is 0 Å². The van der Waals surface area contributed by atoms with E-state index in [4.69, 9.17) is 9.47 Å². The van der Waals surface area contributed by atoms with Crippen molar-refractivity contribution < 1.29 is 9.47 Å². The van der Waals surface area contributed by atoms with Gasteiger partial charge in [-0.25, -0.2) is 0 Å². The third kappa shape index (κ3) is 2.38. The fourth-order valence-corrected chi connectivity index (χ4v) is 2.30. The third-order valence-corrected chi connectivity index (χ3v) is 3.04. The first-order valence-electron chi connectivity index (χ1n) is 3.69. The molecule has 0 saturated carbocycles. The molecule has 0 radical (unpaired) electrons. The second-order valence-corrected chi connectivity index (χ2v) is 3.85. The third-order valence-electron chi connectivity index (χ3n) is 1.70. The number of hydrogen-bond donors (Lipinski definition) is 0. The van der Waals surface area contributed by atoms with Crippen LogP contribution in [0.2, 0.25) is 0 Å². The van der Waals surface area contributed by atoms with E-state index in [9.17, 15) is 0 Å². The zero-order chi connectivity index (χ0) is 9.84. The van der Waals surface area contributed by atoms with Gasteiger partial charge in [-0.05, 0) is 17.7 Å². The molecule has 0 N–H and O–H groups in total. The van der Waals surface area contributed by atoms with Crippen molar-refractivity contribution in [3.63, 3.8) is 0 Å². The Morgan fingerprint density at radius 2 is 1.69 bits per heavy atom. The molecule has 1 rings (SSSR count). The molecule has 72 valence electrons. The zero-order valence-electron chi connectivity index (χ0n) is 7.43. The summed E-state index contributed by atoms with van der Waals surface area (Å²) in [5, 5.41) is 0.786. The van der Waals surface area contributed by atoms with Crippen LogP contribution in [0.4, 0.5) is 0 Å². The molecular formula is C9H10Br2O2. The molecule has 0 bridgehead atoms. The lowest BCUT2D eigenvalue weighted by Crippen LogP contribution is -1.92. The summed E-state index contributed by atoms with van der Waals surface area (Å²) >= 11 is 6.84. The lowest BCUT2D eigenvalue weighted by atomic mass is 10.2. The fourth-order valence-electron chi connectivity index (χ4n) is 0.999. The minimum absolute atomic E-state index is 0.735. The SMILES string of the molecule is COc1cc(Br)c(CBr)cc1OC. The van der Waals surface area contributed by atoms with Gasteiger partial charge in [0.15, 0.2) is 11.5 Å². The zero-order valence-corrected chi connectivity index (χ0v) is 10.6. The van der Waals surface area contributed by atoms with Crippen molar-refractivity contribution in [2.45, 2.75) is 5.33 Å². The second-order valence-electron chi connectivity index (χ2n) is 2.43. The Kier molecular flexibility index (Phi) is 4.06. The minimum Gasteiger partial charge on any atom is -0.493 e. The second kappa shape index (κ2) is 4.86. The molecule has 0 aromatic heterocycles. The molecule has 0 aliphatic rings. The summed E-state index contributed by atoms with van der Waals surface area (Å²) in [6.45, 7) is 0. The Labute approximate surface area is 94.5 Å². The summed E-state index contributed by atoms with van der Waals surface area (Å²) in [5.74, 6) is 1.49. The molecule has 0 amide bonds. The highest BCUT2D eigenvalue weighted by Gasteiger charge is 2.07. The maximum atomic E-state index is 5.17. The van der Waals surface area contributed by atoms with E-state index in [2.05, 4.69) is 31.9 Å². The van der Waals surface area contributed by atoms with E-state index >= 15 is 0 Å². The number of hydrogen-bond acceptors (Lipinski definition) is 2. The first-order valence-corrected chi connectivity index (χ1v) is 5.60. The average molecular weight is 310 g/mol. The number of halogens is 2. The van der Waals surface area contributed by atoms with E-state index in [1.807, 2.05) is 12.1 Å². The van der Waals surface area contributed by atoms with Crippen LogP contribution in [-0.2, 0) is 5.33 Å². The fraction of sp³-hybridized carbons (Fsp3) is 0.333. The van der Waals surface area contributed by atoms with E-state index in [1.54, 1.807) is 14.2 Å². The van der Waals surface area contributed by atoms with Gasteiger partial charge in [0.05, 0.1) is 14.2 Å². The molecule has 0 unspecified atom stereocenters. The molecule has 0 fully saturated rings. The van der Waals surface area contributed by atoms with Crippen LogP contribution in [-0.4, -0.2) is 14.2 Å². The molecule has 13 heavy (non-hydrogen) atoms. The molecule has 1 aromatic carbocycles. The maximum Gasteiger partial charge on any atom is 0.161 e. The van der Waals surface area contributed by atoms with Gasteiger partial charge >= 0.3 is 0 Å². The van der Waals surface area contributed by atoms with Gasteiger partial charge in [-0.2, -0.15) is 0 Å². The van der Waals surface area contributed by atoms with Crippen LogP contribution in [0, 0.1) is 0 Å². The van der Waals surface area contributed by atoms with Crippen molar-refractivity contribution in [3.05, 3.63) is 22.2 Å². The molecule has 0 aliphatic carbocycles. The Balaban J connectivity index is 3.18. The average Bonchev–Trinajstić information content (AvgIpc) is 2.17. The lowest BCUT2D eigenvalue weighted by Gasteiger charge is -2.10. The highest BCUT2D eigenvalue weighted by Crippen LogP contribution is 2.33. The van der Waals surface area contributed by atoms with Gasteiger partial charge < -0.3 is 9.47 Å². The van der Waals surface area contributed by atoms with Crippen LogP contribution >= 0.6 is 31.9 Å². The summed E-state index contributed by atoms with van der Waals surface area (Å²) in [7, 11) is 3.25. The molecule has 0 spiro atoms. The molecular weight excluding hydrogens is 300 g/mol. The van der Waals surface area contributed by atoms with Gasteiger partial charge in [-0.3, -0.25) is 0 Å². The van der Waals surface area contributed by atoms with Crippen LogP contribution in [0.5, 0.6) is 11.5 Å². The standard InChI is InChI=1S/C9H10Br2O2/c1-12-8-3-6(5-10)7(11)4-9(8)13-2/h3-4H,5H2,1-2H3. The van der Waals surface area contributed by atoms with Gasteiger partial charge in [0, 0.05) is 9.80 Å². The Hall–Kier alpha value is -0.220. The van der Waals surface area contributed by atoms with Gasteiger partial charge in [0.1, 0.15) is 0 Å². The van der Waals surface area contributed by atoms with E-state index in [-0.39, 0.29) is 0 Å². The Morgan fingerprint density at radius 3 is 2.15 bits per heavy atom. The first kappa shape index (κ1) is 10.9. The minimum atomic E-state index is 0.735. The van der Waals surface area contributed by atoms with Crippen LogP contribution in [0.3, 0.4) is 0 Å². The number of rotatable bonds is 3. The molecule has 0 atom stereocenters. The van der Waals surface area contributed by atoms with E-state index in [0.717, 1.165) is 26.9 Å². The Morgan fingerprint density at radius 1 is 1.15 bits per heavy atom. The van der Waals surface area contributed by atoms with Gasteiger partial charge in [0.25, 0.3) is 0 Å². The van der Waals surface area contributed by atoms with Gasteiger partial charge in [-0.1, -0.05) is 31.9 Å². The van der Waals surface area contributed by atoms with Crippen LogP contribution in [0.1, 0.15) is 5.56 Å². The van der Waals surface area contributed by atoms with Crippen molar-refractivity contribution in [2.24, 2.45) is 0 Å². The quantitative estimate of drug-likeness (QED) is 0.797. The largest absolute Gasteiger partial charge is 0.493 e. The molecule has 4 heteroatoms. The number of methoxy groups -OCH3 is 2. The molecule has 0 saturated heterocycles. The van der Waals surface area contributed by atoms with E-state index in [1.165, 1.54) is 0 Å². The summed E-state index contributed by atoms with van der Waals surface area (Å²) in [6, 6.07) is 3.84. The lowest BCUT2D eigenvalue weighted by molar-refractivity contribution is 0.354. The molecule has 1 aromatic rings. The highest BCUT2D eigenvalue weighted by atomic mass is 79.9. The smallest absolute Gasteiger partial charge is 0.161 e. The van der Waals surface area contributed by atoms with Crippen LogP contribution in [0.15, 0.2) is 16.6 Å². The predicted octanol–water partition coefficient (Wildman–Crippen LogP) is 3.36. The topological polar surface area (TPSA) is 18.5 Å². The van der Waals surface area contributed by atoms with Crippen molar-refractivity contribution >= 4 is 31.9 Å². The molecule has 0 aliphatic heterocycles. The van der Waals surface area contributed by atoms with Crippen molar-refractivity contribution in [1.82, 2.24) is 0 Å². The predicted molar refractivity (Wildman–Crippen MR) is 59.9 cm³/mol. The summed E-state index contributed by atoms with van der Waals surface area (Å²) < 4.78 is 11.3. The maximum absolute atomic E-state index is 5.17. The van der Waals surface area contributed by atoms with Crippen molar-refractivity contribution in [3.8, 4) is 11.5 Å². The van der Waals surface area contributed by atoms with E-state index < -0.39 is 0 Å².